The predicted octanol–water partition coefficient (Wildman–Crippen LogP) is 3.80. The molecule has 0 amide bonds. The van der Waals surface area contributed by atoms with E-state index in [-0.39, 0.29) is 11.6 Å². The average molecular weight is 344 g/mol. The van der Waals surface area contributed by atoms with Gasteiger partial charge in [0.25, 0.3) is 0 Å². The molecule has 0 aromatic heterocycles. The van der Waals surface area contributed by atoms with E-state index >= 15 is 0 Å². The van der Waals surface area contributed by atoms with Gasteiger partial charge in [-0.3, -0.25) is 0 Å². The number of ether oxygens (including phenoxy) is 1. The Balaban J connectivity index is 2.84. The van der Waals surface area contributed by atoms with Crippen LogP contribution in [0.25, 0.3) is 0 Å². The van der Waals surface area contributed by atoms with Crippen molar-refractivity contribution in [1.82, 2.24) is 5.32 Å². The molecular formula is C16H26BrNO2. The van der Waals surface area contributed by atoms with Gasteiger partial charge in [0.1, 0.15) is 5.75 Å². The molecule has 1 aromatic carbocycles. The highest BCUT2D eigenvalue weighted by molar-refractivity contribution is 9.10. The van der Waals surface area contributed by atoms with Crippen LogP contribution in [-0.4, -0.2) is 23.4 Å². The molecule has 20 heavy (non-hydrogen) atoms. The summed E-state index contributed by atoms with van der Waals surface area (Å²) in [6, 6.07) is 4.14. The van der Waals surface area contributed by atoms with Gasteiger partial charge in [0, 0.05) is 28.5 Å². The summed E-state index contributed by atoms with van der Waals surface area (Å²) in [6.45, 7) is 11.5. The summed E-state index contributed by atoms with van der Waals surface area (Å²) in [5.74, 6) is 0.922. The van der Waals surface area contributed by atoms with E-state index in [9.17, 15) is 5.11 Å². The van der Waals surface area contributed by atoms with Crippen LogP contribution in [0.2, 0.25) is 0 Å². The van der Waals surface area contributed by atoms with Crippen LogP contribution in [0.4, 0.5) is 0 Å². The maximum atomic E-state index is 9.32. The molecule has 2 N–H and O–H groups in total. The highest BCUT2D eigenvalue weighted by Crippen LogP contribution is 2.28. The number of rotatable bonds is 6. The number of halogens is 1. The second-order valence-corrected chi connectivity index (χ2v) is 7.22. The molecule has 0 heterocycles. The van der Waals surface area contributed by atoms with Gasteiger partial charge in [-0.25, -0.2) is 0 Å². The van der Waals surface area contributed by atoms with Gasteiger partial charge in [-0.05, 0) is 52.3 Å². The minimum atomic E-state index is -0.332. The normalized spacial score (nSPS) is 13.3. The summed E-state index contributed by atoms with van der Waals surface area (Å²) in [5.41, 5.74) is 2.31. The highest BCUT2D eigenvalue weighted by atomic mass is 79.9. The minimum absolute atomic E-state index is 0.0626. The third-order valence-electron chi connectivity index (χ3n) is 2.91. The van der Waals surface area contributed by atoms with E-state index in [0.717, 1.165) is 27.9 Å². The van der Waals surface area contributed by atoms with E-state index in [1.807, 2.05) is 6.92 Å². The standard InChI is InChI=1S/C16H26BrNO2/c1-11-8-14(17)9-13(10-18-16(3,4)5)15(11)20-7-6-12(2)19/h8-9,12,18-19H,6-7,10H2,1-5H3. The molecule has 0 bridgehead atoms. The first-order valence-electron chi connectivity index (χ1n) is 7.04. The van der Waals surface area contributed by atoms with Gasteiger partial charge in [-0.2, -0.15) is 0 Å². The SMILES string of the molecule is Cc1cc(Br)cc(CNC(C)(C)C)c1OCCC(C)O. The quantitative estimate of drug-likeness (QED) is 0.825. The Kier molecular flexibility index (Phi) is 6.49. The lowest BCUT2D eigenvalue weighted by Gasteiger charge is -2.22. The van der Waals surface area contributed by atoms with Crippen LogP contribution in [-0.2, 0) is 6.54 Å². The Morgan fingerprint density at radius 3 is 2.55 bits per heavy atom. The Hall–Kier alpha value is -0.580. The van der Waals surface area contributed by atoms with Crippen molar-refractivity contribution in [3.63, 3.8) is 0 Å². The van der Waals surface area contributed by atoms with Gasteiger partial charge in [0.2, 0.25) is 0 Å². The van der Waals surface area contributed by atoms with Crippen LogP contribution in [0.15, 0.2) is 16.6 Å². The van der Waals surface area contributed by atoms with Crippen molar-refractivity contribution in [3.8, 4) is 5.75 Å². The lowest BCUT2D eigenvalue weighted by molar-refractivity contribution is 0.155. The largest absolute Gasteiger partial charge is 0.493 e. The molecule has 1 atom stereocenters. The molecule has 114 valence electrons. The van der Waals surface area contributed by atoms with Crippen LogP contribution in [0.1, 0.15) is 45.2 Å². The molecule has 1 aromatic rings. The van der Waals surface area contributed by atoms with Crippen LogP contribution in [0.5, 0.6) is 5.75 Å². The maximum Gasteiger partial charge on any atom is 0.126 e. The van der Waals surface area contributed by atoms with Crippen molar-refractivity contribution in [2.75, 3.05) is 6.61 Å². The summed E-state index contributed by atoms with van der Waals surface area (Å²) >= 11 is 3.54. The number of aliphatic hydroxyl groups excluding tert-OH is 1. The minimum Gasteiger partial charge on any atom is -0.493 e. The van der Waals surface area contributed by atoms with Crippen LogP contribution >= 0.6 is 15.9 Å². The van der Waals surface area contributed by atoms with Gasteiger partial charge in [0.05, 0.1) is 12.7 Å². The summed E-state index contributed by atoms with van der Waals surface area (Å²) in [7, 11) is 0. The molecule has 0 radical (unpaired) electrons. The second kappa shape index (κ2) is 7.43. The van der Waals surface area contributed by atoms with Crippen LogP contribution in [0.3, 0.4) is 0 Å². The summed E-state index contributed by atoms with van der Waals surface area (Å²) in [6.07, 6.45) is 0.309. The lowest BCUT2D eigenvalue weighted by Crippen LogP contribution is -2.35. The van der Waals surface area contributed by atoms with Crippen molar-refractivity contribution in [3.05, 3.63) is 27.7 Å². The molecule has 1 rings (SSSR count). The Morgan fingerprint density at radius 2 is 2.00 bits per heavy atom. The Bertz CT molecular complexity index is 439. The number of benzene rings is 1. The second-order valence-electron chi connectivity index (χ2n) is 6.30. The number of nitrogens with one attached hydrogen (secondary N) is 1. The van der Waals surface area contributed by atoms with Crippen LogP contribution in [0, 0.1) is 6.92 Å². The number of aliphatic hydroxyl groups is 1. The molecule has 0 aliphatic rings. The first-order chi connectivity index (χ1) is 9.19. The number of hydrogen-bond donors (Lipinski definition) is 2. The lowest BCUT2D eigenvalue weighted by atomic mass is 10.1. The van der Waals surface area contributed by atoms with Crippen molar-refractivity contribution in [2.24, 2.45) is 0 Å². The van der Waals surface area contributed by atoms with E-state index in [1.165, 1.54) is 0 Å². The highest BCUT2D eigenvalue weighted by Gasteiger charge is 2.13. The molecule has 0 spiro atoms. The van der Waals surface area contributed by atoms with Gasteiger partial charge < -0.3 is 15.2 Å². The summed E-state index contributed by atoms with van der Waals surface area (Å²) < 4.78 is 6.94. The summed E-state index contributed by atoms with van der Waals surface area (Å²) in [4.78, 5) is 0. The summed E-state index contributed by atoms with van der Waals surface area (Å²) in [5, 5.41) is 12.8. The van der Waals surface area contributed by atoms with Crippen LogP contribution < -0.4 is 10.1 Å². The van der Waals surface area contributed by atoms with Crippen molar-refractivity contribution in [2.45, 2.75) is 59.2 Å². The van der Waals surface area contributed by atoms with E-state index in [4.69, 9.17) is 4.74 Å². The first kappa shape index (κ1) is 17.5. The fourth-order valence-electron chi connectivity index (χ4n) is 1.83. The Morgan fingerprint density at radius 1 is 1.35 bits per heavy atom. The topological polar surface area (TPSA) is 41.5 Å². The van der Waals surface area contributed by atoms with E-state index in [1.54, 1.807) is 6.92 Å². The first-order valence-corrected chi connectivity index (χ1v) is 7.83. The zero-order chi connectivity index (χ0) is 15.3. The monoisotopic (exact) mass is 343 g/mol. The van der Waals surface area contributed by atoms with E-state index < -0.39 is 0 Å². The molecular weight excluding hydrogens is 318 g/mol. The molecule has 0 saturated heterocycles. The van der Waals surface area contributed by atoms with E-state index in [2.05, 4.69) is 54.2 Å². The van der Waals surface area contributed by atoms with Gasteiger partial charge >= 0.3 is 0 Å². The Labute approximate surface area is 130 Å². The molecule has 0 fully saturated rings. The predicted molar refractivity (Wildman–Crippen MR) is 87.3 cm³/mol. The van der Waals surface area contributed by atoms with Crippen molar-refractivity contribution >= 4 is 15.9 Å². The van der Waals surface area contributed by atoms with Gasteiger partial charge in [-0.15, -0.1) is 0 Å². The molecule has 1 unspecified atom stereocenters. The number of aryl methyl sites for hydroxylation is 1. The molecule has 0 aliphatic heterocycles. The van der Waals surface area contributed by atoms with Crippen molar-refractivity contribution in [1.29, 1.82) is 0 Å². The fraction of sp³-hybridized carbons (Fsp3) is 0.625. The van der Waals surface area contributed by atoms with Gasteiger partial charge in [0.15, 0.2) is 0 Å². The van der Waals surface area contributed by atoms with Gasteiger partial charge in [-0.1, -0.05) is 15.9 Å². The molecule has 3 nitrogen and oxygen atoms in total. The smallest absolute Gasteiger partial charge is 0.126 e. The number of hydrogen-bond acceptors (Lipinski definition) is 3. The third kappa shape index (κ3) is 6.25. The molecule has 0 aliphatic carbocycles. The average Bonchev–Trinajstić information content (AvgIpc) is 2.27. The maximum absolute atomic E-state index is 9.32. The molecule has 4 heteroatoms. The van der Waals surface area contributed by atoms with Crippen molar-refractivity contribution < 1.29 is 9.84 Å². The third-order valence-corrected chi connectivity index (χ3v) is 3.37. The molecule has 0 saturated carbocycles. The fourth-order valence-corrected chi connectivity index (χ4v) is 2.45. The van der Waals surface area contributed by atoms with E-state index in [0.29, 0.717) is 13.0 Å². The zero-order valence-corrected chi connectivity index (χ0v) is 14.7. The zero-order valence-electron chi connectivity index (χ0n) is 13.1.